The largest absolute Gasteiger partial charge is 0.591 e. The van der Waals surface area contributed by atoms with Gasteiger partial charge in [-0.3, -0.25) is 0 Å². The molecule has 0 bridgehead atoms. The number of aromatic nitrogens is 1. The van der Waals surface area contributed by atoms with Gasteiger partial charge in [0, 0.05) is 22.6 Å². The highest BCUT2D eigenvalue weighted by molar-refractivity contribution is 7.91. The van der Waals surface area contributed by atoms with Crippen LogP contribution < -0.4 is 0 Å². The molecule has 0 saturated heterocycles. The predicted octanol–water partition coefficient (Wildman–Crippen LogP) is 4.17. The van der Waals surface area contributed by atoms with Crippen LogP contribution in [0.25, 0.3) is 11.1 Å². The first-order chi connectivity index (χ1) is 12.1. The lowest BCUT2D eigenvalue weighted by Crippen LogP contribution is -2.25. The summed E-state index contributed by atoms with van der Waals surface area (Å²) in [6.07, 6.45) is 1.83. The Hall–Kier alpha value is -1.83. The number of hydrogen-bond donors (Lipinski definition) is 0. The molecular weight excluding hydrogens is 376 g/mol. The lowest BCUT2D eigenvalue weighted by Gasteiger charge is -2.17. The number of ether oxygens (including phenoxy) is 1. The Labute approximate surface area is 160 Å². The summed E-state index contributed by atoms with van der Waals surface area (Å²) in [5.41, 5.74) is 2.23. The van der Waals surface area contributed by atoms with E-state index in [9.17, 15) is 9.35 Å². The molecule has 6 nitrogen and oxygen atoms in total. The van der Waals surface area contributed by atoms with Crippen molar-refractivity contribution in [2.45, 2.75) is 38.9 Å². The fraction of sp³-hybridized carbons (Fsp3) is 0.389. The standard InChI is InChI=1S/C18H21ClN2O4S/c1-11-16(13-7-6-12(19)10-14(13)17(22)24-5)15(25-21-11)8-9-20-26(23)18(2,3)4/h6-7,9-10H,8H2,1-5H3. The third kappa shape index (κ3) is 4.66. The Kier molecular flexibility index (Phi) is 6.49. The number of rotatable bonds is 5. The molecule has 0 saturated carbocycles. The Morgan fingerprint density at radius 3 is 2.77 bits per heavy atom. The molecule has 1 unspecified atom stereocenters. The van der Waals surface area contributed by atoms with E-state index in [1.807, 2.05) is 20.8 Å². The van der Waals surface area contributed by atoms with E-state index in [-0.39, 0.29) is 0 Å². The molecule has 1 heterocycles. The number of methoxy groups -OCH3 is 1. The Bertz CT molecular complexity index is 827. The molecule has 2 aromatic rings. The topological polar surface area (TPSA) is 87.8 Å². The van der Waals surface area contributed by atoms with E-state index in [4.69, 9.17) is 20.9 Å². The maximum atomic E-state index is 12.1. The number of nitrogens with zero attached hydrogens (tertiary/aromatic N) is 2. The van der Waals surface area contributed by atoms with E-state index in [0.717, 1.165) is 0 Å². The zero-order valence-corrected chi connectivity index (χ0v) is 16.9. The molecule has 1 aromatic heterocycles. The van der Waals surface area contributed by atoms with Crippen LogP contribution in [0.15, 0.2) is 27.1 Å². The number of carbonyl (C=O) groups excluding carboxylic acids is 1. The lowest BCUT2D eigenvalue weighted by atomic mass is 9.97. The molecule has 0 aliphatic heterocycles. The molecule has 1 atom stereocenters. The summed E-state index contributed by atoms with van der Waals surface area (Å²) in [6.45, 7) is 7.32. The van der Waals surface area contributed by atoms with Crippen molar-refractivity contribution in [2.75, 3.05) is 7.11 Å². The van der Waals surface area contributed by atoms with Crippen molar-refractivity contribution in [1.82, 2.24) is 5.16 Å². The SMILES string of the molecule is COC(=O)c1cc(Cl)ccc1-c1c(C)noc1CC=N[S+]([O-])C(C)(C)C. The van der Waals surface area contributed by atoms with Gasteiger partial charge in [0.2, 0.25) is 0 Å². The molecule has 140 valence electrons. The van der Waals surface area contributed by atoms with Gasteiger partial charge in [-0.15, -0.1) is 0 Å². The molecular formula is C18H21ClN2O4S. The van der Waals surface area contributed by atoms with Crippen molar-refractivity contribution in [2.24, 2.45) is 4.40 Å². The van der Waals surface area contributed by atoms with E-state index in [0.29, 0.717) is 39.6 Å². The van der Waals surface area contributed by atoms with Gasteiger partial charge in [-0.2, -0.15) is 0 Å². The molecule has 0 aliphatic rings. The monoisotopic (exact) mass is 396 g/mol. The van der Waals surface area contributed by atoms with Crippen molar-refractivity contribution in [3.05, 3.63) is 40.2 Å². The predicted molar refractivity (Wildman–Crippen MR) is 103 cm³/mol. The summed E-state index contributed by atoms with van der Waals surface area (Å²) in [4.78, 5) is 12.1. The molecule has 26 heavy (non-hydrogen) atoms. The van der Waals surface area contributed by atoms with Gasteiger partial charge < -0.3 is 13.8 Å². The minimum atomic E-state index is -1.36. The Morgan fingerprint density at radius 2 is 2.15 bits per heavy atom. The number of hydrogen-bond acceptors (Lipinski definition) is 6. The van der Waals surface area contributed by atoms with Crippen LogP contribution >= 0.6 is 11.6 Å². The first-order valence-electron chi connectivity index (χ1n) is 7.93. The Balaban J connectivity index is 2.40. The zero-order valence-electron chi connectivity index (χ0n) is 15.3. The minimum absolute atomic E-state index is 0.293. The van der Waals surface area contributed by atoms with Crippen molar-refractivity contribution in [3.8, 4) is 11.1 Å². The second-order valence-corrected chi connectivity index (χ2v) is 8.97. The van der Waals surface area contributed by atoms with E-state index in [2.05, 4.69) is 9.55 Å². The number of esters is 1. The van der Waals surface area contributed by atoms with Crippen molar-refractivity contribution in [3.63, 3.8) is 0 Å². The van der Waals surface area contributed by atoms with Gasteiger partial charge >= 0.3 is 5.97 Å². The summed E-state index contributed by atoms with van der Waals surface area (Å²) >= 11 is 4.66. The number of carbonyl (C=O) groups is 1. The first kappa shape index (κ1) is 20.5. The van der Waals surface area contributed by atoms with Gasteiger partial charge in [0.25, 0.3) is 0 Å². The average molecular weight is 397 g/mol. The number of benzene rings is 1. The quantitative estimate of drug-likeness (QED) is 0.430. The summed E-state index contributed by atoms with van der Waals surface area (Å²) in [5.74, 6) is 0.0150. The molecule has 0 N–H and O–H groups in total. The summed E-state index contributed by atoms with van der Waals surface area (Å²) < 4.78 is 25.9. The number of halogens is 1. The Morgan fingerprint density at radius 1 is 1.46 bits per heavy atom. The summed E-state index contributed by atoms with van der Waals surface area (Å²) in [5, 5.41) is 4.41. The molecule has 2 rings (SSSR count). The van der Waals surface area contributed by atoms with Crippen LogP contribution in [-0.4, -0.2) is 33.8 Å². The maximum absolute atomic E-state index is 12.1. The van der Waals surface area contributed by atoms with Gasteiger partial charge in [-0.25, -0.2) is 4.79 Å². The van der Waals surface area contributed by atoms with Crippen molar-refractivity contribution in [1.29, 1.82) is 0 Å². The van der Waals surface area contributed by atoms with Crippen LogP contribution in [0.3, 0.4) is 0 Å². The first-order valence-corrected chi connectivity index (χ1v) is 9.41. The minimum Gasteiger partial charge on any atom is -0.591 e. The van der Waals surface area contributed by atoms with Crippen LogP contribution in [0, 0.1) is 6.92 Å². The maximum Gasteiger partial charge on any atom is 0.338 e. The molecule has 0 fully saturated rings. The highest BCUT2D eigenvalue weighted by atomic mass is 35.5. The van der Waals surface area contributed by atoms with Gasteiger partial charge in [0.1, 0.15) is 21.9 Å². The van der Waals surface area contributed by atoms with Gasteiger partial charge in [-0.05, 0) is 39.8 Å². The van der Waals surface area contributed by atoms with Gasteiger partial charge in [0.05, 0.1) is 24.6 Å². The second kappa shape index (κ2) is 8.24. The third-order valence-electron chi connectivity index (χ3n) is 3.56. The highest BCUT2D eigenvalue weighted by Crippen LogP contribution is 2.32. The fourth-order valence-electron chi connectivity index (χ4n) is 2.26. The third-order valence-corrected chi connectivity index (χ3v) is 5.18. The average Bonchev–Trinajstić information content (AvgIpc) is 2.93. The summed E-state index contributed by atoms with van der Waals surface area (Å²) in [6, 6.07) is 4.95. The second-order valence-electron chi connectivity index (χ2n) is 6.60. The van der Waals surface area contributed by atoms with Crippen molar-refractivity contribution >= 4 is 35.1 Å². The molecule has 0 radical (unpaired) electrons. The van der Waals surface area contributed by atoms with E-state index in [1.54, 1.807) is 31.3 Å². The number of aryl methyl sites for hydroxylation is 1. The summed E-state index contributed by atoms with van der Waals surface area (Å²) in [7, 11) is 1.31. The van der Waals surface area contributed by atoms with E-state index < -0.39 is 22.1 Å². The van der Waals surface area contributed by atoms with Gasteiger partial charge in [0.15, 0.2) is 0 Å². The van der Waals surface area contributed by atoms with E-state index in [1.165, 1.54) is 7.11 Å². The van der Waals surface area contributed by atoms with Crippen LogP contribution in [-0.2, 0) is 22.5 Å². The molecule has 8 heteroatoms. The van der Waals surface area contributed by atoms with Crippen LogP contribution in [0.2, 0.25) is 5.02 Å². The van der Waals surface area contributed by atoms with Crippen LogP contribution in [0.4, 0.5) is 0 Å². The molecule has 0 spiro atoms. The van der Waals surface area contributed by atoms with Gasteiger partial charge in [-0.1, -0.05) is 27.2 Å². The smallest absolute Gasteiger partial charge is 0.338 e. The van der Waals surface area contributed by atoms with Crippen LogP contribution in [0.1, 0.15) is 42.6 Å². The van der Waals surface area contributed by atoms with E-state index >= 15 is 0 Å². The normalized spacial score (nSPS) is 13.2. The van der Waals surface area contributed by atoms with Crippen molar-refractivity contribution < 1.29 is 18.6 Å². The molecule has 0 amide bonds. The lowest BCUT2D eigenvalue weighted by molar-refractivity contribution is 0.0601. The van der Waals surface area contributed by atoms with Crippen LogP contribution in [0.5, 0.6) is 0 Å². The zero-order chi connectivity index (χ0) is 19.5. The fourth-order valence-corrected chi connectivity index (χ4v) is 2.96. The molecule has 1 aromatic carbocycles. The highest BCUT2D eigenvalue weighted by Gasteiger charge is 2.26. The molecule has 0 aliphatic carbocycles.